The van der Waals surface area contributed by atoms with Crippen molar-refractivity contribution in [1.29, 1.82) is 0 Å². The van der Waals surface area contributed by atoms with Crippen LogP contribution in [0.3, 0.4) is 0 Å². The molecule has 0 aromatic heterocycles. The Morgan fingerprint density at radius 1 is 1.58 bits per heavy atom. The molecule has 2 atom stereocenters. The predicted octanol–water partition coefficient (Wildman–Crippen LogP) is 1.12. The first-order valence-corrected chi connectivity index (χ1v) is 6.16. The van der Waals surface area contributed by atoms with Crippen molar-refractivity contribution >= 4 is 6.03 Å². The maximum absolute atomic E-state index is 12.0. The predicted molar refractivity (Wildman–Crippen MR) is 61.7 cm³/mol. The van der Waals surface area contributed by atoms with Crippen molar-refractivity contribution in [3.63, 3.8) is 0 Å². The third-order valence-corrected chi connectivity index (χ3v) is 2.79. The zero-order valence-electron chi connectivity index (χ0n) is 10.7. The highest BCUT2D eigenvalue weighted by Gasteiger charge is 2.30. The van der Waals surface area contributed by atoms with Gasteiger partial charge in [-0.15, -0.1) is 0 Å². The number of halogens is 3. The lowest BCUT2D eigenvalue weighted by Gasteiger charge is -2.36. The number of urea groups is 1. The van der Waals surface area contributed by atoms with Crippen molar-refractivity contribution in [3.05, 3.63) is 0 Å². The Kier molecular flexibility index (Phi) is 5.86. The van der Waals surface area contributed by atoms with Crippen LogP contribution in [0.5, 0.6) is 0 Å². The van der Waals surface area contributed by atoms with Gasteiger partial charge in [-0.05, 0) is 13.3 Å². The van der Waals surface area contributed by atoms with E-state index < -0.39 is 31.3 Å². The highest BCUT2D eigenvalue weighted by Crippen LogP contribution is 2.18. The number of nitrogens with zero attached hydrogens (tertiary/aromatic N) is 1. The molecule has 112 valence electrons. The smallest absolute Gasteiger partial charge is 0.390 e. The quantitative estimate of drug-likeness (QED) is 0.813. The average molecular weight is 284 g/mol. The van der Waals surface area contributed by atoms with Crippen LogP contribution in [0.15, 0.2) is 0 Å². The molecule has 5 nitrogen and oxygen atoms in total. The average Bonchev–Trinajstić information content (AvgIpc) is 2.27. The first kappa shape index (κ1) is 16.0. The fourth-order valence-electron chi connectivity index (χ4n) is 1.92. The van der Waals surface area contributed by atoms with E-state index in [9.17, 15) is 23.1 Å². The van der Waals surface area contributed by atoms with Gasteiger partial charge in [-0.1, -0.05) is 0 Å². The summed E-state index contributed by atoms with van der Waals surface area (Å²) in [6.45, 7) is 2.10. The van der Waals surface area contributed by atoms with E-state index in [1.807, 2.05) is 0 Å². The number of morpholine rings is 1. The zero-order valence-corrected chi connectivity index (χ0v) is 10.7. The molecular formula is C11H19F3N2O3. The number of aliphatic hydroxyl groups excluding tert-OH is 1. The fourth-order valence-corrected chi connectivity index (χ4v) is 1.92. The second-order valence-corrected chi connectivity index (χ2v) is 4.60. The van der Waals surface area contributed by atoms with E-state index in [4.69, 9.17) is 4.74 Å². The summed E-state index contributed by atoms with van der Waals surface area (Å²) >= 11 is 0. The Labute approximate surface area is 109 Å². The Morgan fingerprint density at radius 3 is 2.84 bits per heavy atom. The molecule has 0 saturated carbocycles. The lowest BCUT2D eigenvalue weighted by Crippen LogP contribution is -2.53. The molecule has 0 radical (unpaired) electrons. The largest absolute Gasteiger partial charge is 0.393 e. The molecule has 1 aliphatic heterocycles. The number of carbonyl (C=O) groups excluding carboxylic acids is 1. The van der Waals surface area contributed by atoms with Crippen molar-refractivity contribution in [2.24, 2.45) is 0 Å². The molecule has 1 saturated heterocycles. The molecule has 1 rings (SSSR count). The van der Waals surface area contributed by atoms with Gasteiger partial charge in [0.1, 0.15) is 0 Å². The van der Waals surface area contributed by atoms with Gasteiger partial charge in [-0.25, -0.2) is 4.79 Å². The summed E-state index contributed by atoms with van der Waals surface area (Å²) in [6, 6.07) is -0.849. The second-order valence-electron chi connectivity index (χ2n) is 4.60. The van der Waals surface area contributed by atoms with Crippen LogP contribution in [-0.2, 0) is 4.74 Å². The lowest BCUT2D eigenvalue weighted by molar-refractivity contribution is -0.133. The van der Waals surface area contributed by atoms with Crippen LogP contribution in [-0.4, -0.2) is 60.7 Å². The van der Waals surface area contributed by atoms with E-state index >= 15 is 0 Å². The standard InChI is InChI=1S/C11H19F3N2O3/c1-8(17)6-9-7-19-5-4-16(9)10(18)15-3-2-11(12,13)14/h8-9,17H,2-7H2,1H3,(H,15,18)/t8-,9-/m1/s1. The van der Waals surface area contributed by atoms with Gasteiger partial charge in [0.05, 0.1) is 31.8 Å². The molecule has 2 N–H and O–H groups in total. The minimum Gasteiger partial charge on any atom is -0.393 e. The number of alkyl halides is 3. The van der Waals surface area contributed by atoms with Crippen LogP contribution >= 0.6 is 0 Å². The molecule has 8 heteroatoms. The van der Waals surface area contributed by atoms with Crippen LogP contribution in [0.25, 0.3) is 0 Å². The Hall–Kier alpha value is -1.02. The number of aliphatic hydroxyl groups is 1. The molecule has 0 spiro atoms. The van der Waals surface area contributed by atoms with Crippen LogP contribution in [0, 0.1) is 0 Å². The van der Waals surface area contributed by atoms with E-state index in [0.717, 1.165) is 0 Å². The van der Waals surface area contributed by atoms with Gasteiger partial charge in [0.25, 0.3) is 0 Å². The number of hydrogen-bond donors (Lipinski definition) is 2. The molecule has 1 aliphatic rings. The Bertz CT molecular complexity index is 297. The highest BCUT2D eigenvalue weighted by atomic mass is 19.4. The first-order valence-electron chi connectivity index (χ1n) is 6.16. The maximum Gasteiger partial charge on any atom is 0.390 e. The minimum absolute atomic E-state index is 0.289. The molecule has 19 heavy (non-hydrogen) atoms. The SMILES string of the molecule is C[C@@H](O)C[C@@H]1COCCN1C(=O)NCCC(F)(F)F. The van der Waals surface area contributed by atoms with Crippen LogP contribution < -0.4 is 5.32 Å². The van der Waals surface area contributed by atoms with Crippen LogP contribution in [0.1, 0.15) is 19.8 Å². The highest BCUT2D eigenvalue weighted by molar-refractivity contribution is 5.74. The monoisotopic (exact) mass is 284 g/mol. The molecule has 0 aromatic rings. The number of nitrogens with one attached hydrogen (secondary N) is 1. The molecule has 1 fully saturated rings. The van der Waals surface area contributed by atoms with Gasteiger partial charge in [-0.2, -0.15) is 13.2 Å². The fraction of sp³-hybridized carbons (Fsp3) is 0.909. The van der Waals surface area contributed by atoms with Gasteiger partial charge in [0, 0.05) is 13.1 Å². The minimum atomic E-state index is -4.28. The van der Waals surface area contributed by atoms with E-state index in [1.54, 1.807) is 6.92 Å². The van der Waals surface area contributed by atoms with Gasteiger partial charge in [0.2, 0.25) is 0 Å². The zero-order chi connectivity index (χ0) is 14.5. The lowest BCUT2D eigenvalue weighted by atomic mass is 10.1. The van der Waals surface area contributed by atoms with Gasteiger partial charge in [0.15, 0.2) is 0 Å². The molecule has 0 aliphatic carbocycles. The molecule has 1 heterocycles. The van der Waals surface area contributed by atoms with Crippen LogP contribution in [0.4, 0.5) is 18.0 Å². The van der Waals surface area contributed by atoms with Crippen molar-refractivity contribution in [3.8, 4) is 0 Å². The van der Waals surface area contributed by atoms with Crippen molar-refractivity contribution in [1.82, 2.24) is 10.2 Å². The van der Waals surface area contributed by atoms with E-state index in [0.29, 0.717) is 19.6 Å². The second kappa shape index (κ2) is 6.95. The number of carbonyl (C=O) groups is 1. The number of ether oxygens (including phenoxy) is 1. The number of rotatable bonds is 4. The summed E-state index contributed by atoms with van der Waals surface area (Å²) in [5.74, 6) is 0. The molecule has 0 aromatic carbocycles. The summed E-state index contributed by atoms with van der Waals surface area (Å²) in [5, 5.41) is 11.6. The van der Waals surface area contributed by atoms with Crippen LogP contribution in [0.2, 0.25) is 0 Å². The van der Waals surface area contributed by atoms with E-state index in [1.165, 1.54) is 4.90 Å². The number of amides is 2. The van der Waals surface area contributed by atoms with Gasteiger partial charge >= 0.3 is 12.2 Å². The van der Waals surface area contributed by atoms with Crippen molar-refractivity contribution in [2.45, 2.75) is 38.1 Å². The Morgan fingerprint density at radius 2 is 2.26 bits per heavy atom. The topological polar surface area (TPSA) is 61.8 Å². The number of hydrogen-bond acceptors (Lipinski definition) is 3. The third-order valence-electron chi connectivity index (χ3n) is 2.79. The summed E-state index contributed by atoms with van der Waals surface area (Å²) in [6.07, 6.45) is -5.59. The summed E-state index contributed by atoms with van der Waals surface area (Å²) < 4.78 is 41.1. The summed E-state index contributed by atoms with van der Waals surface area (Å²) in [7, 11) is 0. The summed E-state index contributed by atoms with van der Waals surface area (Å²) in [4.78, 5) is 13.2. The van der Waals surface area contributed by atoms with Gasteiger partial charge in [-0.3, -0.25) is 0 Å². The van der Waals surface area contributed by atoms with Crippen molar-refractivity contribution < 1.29 is 27.8 Å². The van der Waals surface area contributed by atoms with Crippen molar-refractivity contribution in [2.75, 3.05) is 26.3 Å². The molecule has 0 unspecified atom stereocenters. The summed E-state index contributed by atoms with van der Waals surface area (Å²) in [5.41, 5.74) is 0. The van der Waals surface area contributed by atoms with Gasteiger partial charge < -0.3 is 20.1 Å². The molecular weight excluding hydrogens is 265 g/mol. The third kappa shape index (κ3) is 6.11. The molecule has 0 bridgehead atoms. The maximum atomic E-state index is 12.0. The van der Waals surface area contributed by atoms with E-state index in [-0.39, 0.29) is 12.6 Å². The first-order chi connectivity index (χ1) is 8.79. The normalized spacial score (nSPS) is 22.2. The molecule has 2 amide bonds. The van der Waals surface area contributed by atoms with E-state index in [2.05, 4.69) is 5.32 Å². The Balaban J connectivity index is 2.43.